The van der Waals surface area contributed by atoms with E-state index in [1.54, 1.807) is 24.0 Å². The fraction of sp³-hybridized carbons (Fsp3) is 0.200. The van der Waals surface area contributed by atoms with E-state index < -0.39 is 0 Å². The maximum atomic E-state index is 13.6. The molecule has 1 aromatic heterocycles. The summed E-state index contributed by atoms with van der Waals surface area (Å²) in [5.41, 5.74) is 2.54. The van der Waals surface area contributed by atoms with Crippen LogP contribution in [0.4, 0.5) is 4.39 Å². The van der Waals surface area contributed by atoms with Crippen LogP contribution in [0.25, 0.3) is 0 Å². The molecule has 6 heteroatoms. The maximum Gasteiger partial charge on any atom is 0.251 e. The van der Waals surface area contributed by atoms with Gasteiger partial charge in [-0.15, -0.1) is 11.8 Å². The molecule has 0 aliphatic carbocycles. The molecule has 4 rings (SSSR count). The van der Waals surface area contributed by atoms with Crippen LogP contribution in [0.15, 0.2) is 65.8 Å². The van der Waals surface area contributed by atoms with Crippen LogP contribution in [-0.2, 0) is 6.54 Å². The number of nitrogens with one attached hydrogen (secondary N) is 1. The van der Waals surface area contributed by atoms with Crippen molar-refractivity contribution in [3.63, 3.8) is 0 Å². The Bertz CT molecular complexity index is 909. The lowest BCUT2D eigenvalue weighted by Crippen LogP contribution is -2.30. The molecular weight excluding hydrogens is 349 g/mol. The van der Waals surface area contributed by atoms with Crippen LogP contribution in [0.1, 0.15) is 33.9 Å². The molecule has 2 aromatic carbocycles. The average molecular weight is 367 g/mol. The van der Waals surface area contributed by atoms with E-state index in [9.17, 15) is 9.18 Å². The van der Waals surface area contributed by atoms with Crippen LogP contribution in [-0.4, -0.2) is 21.4 Å². The number of carbonyl (C=O) groups is 1. The van der Waals surface area contributed by atoms with E-state index in [2.05, 4.69) is 10.4 Å². The fourth-order valence-electron chi connectivity index (χ4n) is 3.10. The van der Waals surface area contributed by atoms with Gasteiger partial charge in [-0.3, -0.25) is 9.48 Å². The van der Waals surface area contributed by atoms with Gasteiger partial charge >= 0.3 is 0 Å². The molecule has 26 heavy (non-hydrogen) atoms. The third kappa shape index (κ3) is 3.65. The van der Waals surface area contributed by atoms with E-state index in [1.165, 1.54) is 12.1 Å². The zero-order valence-electron chi connectivity index (χ0n) is 14.1. The number of amides is 1. The molecule has 2 heterocycles. The number of halogens is 1. The van der Waals surface area contributed by atoms with Crippen molar-refractivity contribution in [2.75, 3.05) is 5.75 Å². The molecule has 0 saturated carbocycles. The molecule has 0 spiro atoms. The summed E-state index contributed by atoms with van der Waals surface area (Å²) in [5, 5.41) is 7.23. The van der Waals surface area contributed by atoms with Crippen molar-refractivity contribution >= 4 is 17.7 Å². The third-order valence-corrected chi connectivity index (χ3v) is 5.56. The normalized spacial score (nSPS) is 16.1. The molecule has 3 aromatic rings. The second kappa shape index (κ2) is 7.33. The highest BCUT2D eigenvalue weighted by Gasteiger charge is 2.23. The van der Waals surface area contributed by atoms with Gasteiger partial charge in [0, 0.05) is 28.6 Å². The molecule has 1 aliphatic heterocycles. The van der Waals surface area contributed by atoms with E-state index in [1.807, 2.05) is 41.2 Å². The minimum atomic E-state index is -0.270. The molecule has 1 unspecified atom stereocenters. The molecule has 0 fully saturated rings. The second-order valence-corrected chi connectivity index (χ2v) is 7.38. The van der Waals surface area contributed by atoms with Gasteiger partial charge in [0.05, 0.1) is 12.6 Å². The van der Waals surface area contributed by atoms with Crippen LogP contribution in [0.3, 0.4) is 0 Å². The Morgan fingerprint density at radius 3 is 2.88 bits per heavy atom. The molecule has 0 radical (unpaired) electrons. The number of hydrogen-bond donors (Lipinski definition) is 1. The number of fused-ring (bicyclic) bond motifs is 1. The first-order valence-electron chi connectivity index (χ1n) is 8.48. The van der Waals surface area contributed by atoms with E-state index in [4.69, 9.17) is 0 Å². The second-order valence-electron chi connectivity index (χ2n) is 6.25. The summed E-state index contributed by atoms with van der Waals surface area (Å²) in [7, 11) is 0. The summed E-state index contributed by atoms with van der Waals surface area (Å²) in [6, 6.07) is 14.0. The number of rotatable bonds is 4. The molecule has 1 N–H and O–H groups in total. The van der Waals surface area contributed by atoms with Gasteiger partial charge in [0.2, 0.25) is 0 Å². The van der Waals surface area contributed by atoms with Gasteiger partial charge in [-0.1, -0.05) is 12.1 Å². The van der Waals surface area contributed by atoms with Gasteiger partial charge in [-0.2, -0.15) is 5.10 Å². The summed E-state index contributed by atoms with van der Waals surface area (Å²) in [6.07, 6.45) is 4.44. The Hall–Kier alpha value is -2.60. The van der Waals surface area contributed by atoms with E-state index in [0.29, 0.717) is 12.1 Å². The SMILES string of the molecule is O=C(NC1CCSc2ccc(F)cc21)c1ccc(Cn2cccn2)cc1. The minimum Gasteiger partial charge on any atom is -0.345 e. The smallest absolute Gasteiger partial charge is 0.251 e. The van der Waals surface area contributed by atoms with Gasteiger partial charge in [0.25, 0.3) is 5.91 Å². The number of nitrogens with zero attached hydrogens (tertiary/aromatic N) is 2. The molecule has 132 valence electrons. The first kappa shape index (κ1) is 16.8. The minimum absolute atomic E-state index is 0.136. The monoisotopic (exact) mass is 367 g/mol. The van der Waals surface area contributed by atoms with Gasteiger partial charge in [0.1, 0.15) is 5.82 Å². The van der Waals surface area contributed by atoms with Crippen molar-refractivity contribution in [3.05, 3.63) is 83.4 Å². The van der Waals surface area contributed by atoms with Gasteiger partial charge in [0.15, 0.2) is 0 Å². The van der Waals surface area contributed by atoms with Crippen LogP contribution in [0, 0.1) is 5.82 Å². The highest BCUT2D eigenvalue weighted by atomic mass is 32.2. The summed E-state index contributed by atoms with van der Waals surface area (Å²) in [4.78, 5) is 13.6. The quantitative estimate of drug-likeness (QED) is 0.757. The highest BCUT2D eigenvalue weighted by Crippen LogP contribution is 2.36. The highest BCUT2D eigenvalue weighted by molar-refractivity contribution is 7.99. The largest absolute Gasteiger partial charge is 0.345 e. The van der Waals surface area contributed by atoms with Crippen molar-refractivity contribution in [2.45, 2.75) is 23.9 Å². The lowest BCUT2D eigenvalue weighted by molar-refractivity contribution is 0.0935. The van der Waals surface area contributed by atoms with Crippen LogP contribution >= 0.6 is 11.8 Å². The predicted molar refractivity (Wildman–Crippen MR) is 99.7 cm³/mol. The van der Waals surface area contributed by atoms with Crippen molar-refractivity contribution in [1.82, 2.24) is 15.1 Å². The molecular formula is C20H18FN3OS. The average Bonchev–Trinajstić information content (AvgIpc) is 3.16. The van der Waals surface area contributed by atoms with Crippen molar-refractivity contribution in [1.29, 1.82) is 0 Å². The maximum absolute atomic E-state index is 13.6. The van der Waals surface area contributed by atoms with Gasteiger partial charge < -0.3 is 5.32 Å². The number of aromatic nitrogens is 2. The van der Waals surface area contributed by atoms with E-state index >= 15 is 0 Å². The van der Waals surface area contributed by atoms with Gasteiger partial charge in [-0.25, -0.2) is 4.39 Å². The molecule has 0 saturated heterocycles. The van der Waals surface area contributed by atoms with Crippen molar-refractivity contribution in [2.24, 2.45) is 0 Å². The number of thioether (sulfide) groups is 1. The summed E-state index contributed by atoms with van der Waals surface area (Å²) < 4.78 is 15.4. The molecule has 1 atom stereocenters. The fourth-order valence-corrected chi connectivity index (χ4v) is 4.20. The Balaban J connectivity index is 1.46. The van der Waals surface area contributed by atoms with Crippen molar-refractivity contribution < 1.29 is 9.18 Å². The van der Waals surface area contributed by atoms with Crippen molar-refractivity contribution in [3.8, 4) is 0 Å². The Morgan fingerprint density at radius 2 is 2.12 bits per heavy atom. The molecule has 0 bridgehead atoms. The number of carbonyl (C=O) groups excluding carboxylic acids is 1. The lowest BCUT2D eigenvalue weighted by Gasteiger charge is -2.26. The Labute approximate surface area is 155 Å². The summed E-state index contributed by atoms with van der Waals surface area (Å²) in [5.74, 6) is 0.503. The topological polar surface area (TPSA) is 46.9 Å². The zero-order valence-corrected chi connectivity index (χ0v) is 14.9. The lowest BCUT2D eigenvalue weighted by atomic mass is 10.0. The van der Waals surface area contributed by atoms with Crippen LogP contribution < -0.4 is 5.32 Å². The summed E-state index contributed by atoms with van der Waals surface area (Å²) >= 11 is 1.70. The van der Waals surface area contributed by atoms with E-state index in [0.717, 1.165) is 28.2 Å². The molecule has 1 amide bonds. The molecule has 1 aliphatic rings. The standard InChI is InChI=1S/C20H18FN3OS/c21-16-6-7-19-17(12-16)18(8-11-26-19)23-20(25)15-4-2-14(3-5-15)13-24-10-1-9-22-24/h1-7,9-10,12,18H,8,11,13H2,(H,23,25). The van der Waals surface area contributed by atoms with Crippen LogP contribution in [0.2, 0.25) is 0 Å². The molecule has 4 nitrogen and oxygen atoms in total. The number of hydrogen-bond acceptors (Lipinski definition) is 3. The van der Waals surface area contributed by atoms with E-state index in [-0.39, 0.29) is 17.8 Å². The Morgan fingerprint density at radius 1 is 1.27 bits per heavy atom. The predicted octanol–water partition coefficient (Wildman–Crippen LogP) is 4.04. The first-order valence-corrected chi connectivity index (χ1v) is 9.47. The Kier molecular flexibility index (Phi) is 4.75. The first-order chi connectivity index (χ1) is 12.7. The summed E-state index contributed by atoms with van der Waals surface area (Å²) in [6.45, 7) is 0.668. The number of benzene rings is 2. The van der Waals surface area contributed by atoms with Gasteiger partial charge in [-0.05, 0) is 53.9 Å². The van der Waals surface area contributed by atoms with Crippen LogP contribution in [0.5, 0.6) is 0 Å². The zero-order chi connectivity index (χ0) is 17.9. The third-order valence-electron chi connectivity index (χ3n) is 4.44.